The molecule has 0 aromatic heterocycles. The normalized spacial score (nSPS) is 11.5. The summed E-state index contributed by atoms with van der Waals surface area (Å²) in [4.78, 5) is 21.9. The van der Waals surface area contributed by atoms with Gasteiger partial charge in [0.05, 0.1) is 5.41 Å². The van der Waals surface area contributed by atoms with Crippen LogP contribution in [0.25, 0.3) is 0 Å². The standard InChI is InChI=1S/C8H14O7S.Na/c1-3-8(4-2,5-6(9)10)7(11)15-16(12,13)14;/h3-5H2,1-2H3,(H,9,10)(H,12,13,14);/q;+1/p-1. The molecule has 0 fully saturated rings. The second-order valence-electron chi connectivity index (χ2n) is 3.33. The molecule has 0 heterocycles. The Bertz CT molecular complexity index is 371. The third-order valence-corrected chi connectivity index (χ3v) is 2.81. The van der Waals surface area contributed by atoms with E-state index in [1.807, 2.05) is 0 Å². The van der Waals surface area contributed by atoms with Gasteiger partial charge >= 0.3 is 45.9 Å². The van der Waals surface area contributed by atoms with Gasteiger partial charge in [0.1, 0.15) is 0 Å². The summed E-state index contributed by atoms with van der Waals surface area (Å²) < 4.78 is 32.8. The average Bonchev–Trinajstić information content (AvgIpc) is 2.11. The SMILES string of the molecule is CCC(CC)(CC(=O)[O-])C(=O)OS(=O)(=O)O.[Na+]. The van der Waals surface area contributed by atoms with Crippen molar-refractivity contribution < 1.29 is 61.4 Å². The average molecular weight is 276 g/mol. The fourth-order valence-corrected chi connectivity index (χ4v) is 1.69. The number of aliphatic carboxylic acids is 1. The molecular formula is C8H13NaO7S. The Morgan fingerprint density at radius 1 is 1.29 bits per heavy atom. The van der Waals surface area contributed by atoms with Crippen molar-refractivity contribution in [1.82, 2.24) is 0 Å². The van der Waals surface area contributed by atoms with Gasteiger partial charge in [-0.25, -0.2) is 0 Å². The van der Waals surface area contributed by atoms with Gasteiger partial charge in [-0.3, -0.25) is 9.35 Å². The minimum atomic E-state index is -4.93. The zero-order valence-electron chi connectivity index (χ0n) is 9.93. The van der Waals surface area contributed by atoms with Gasteiger partial charge in [-0.15, -0.1) is 0 Å². The maximum absolute atomic E-state index is 11.4. The van der Waals surface area contributed by atoms with Crippen molar-refractivity contribution in [3.8, 4) is 0 Å². The van der Waals surface area contributed by atoms with Gasteiger partial charge in [-0.05, 0) is 12.8 Å². The van der Waals surface area contributed by atoms with E-state index in [0.717, 1.165) is 0 Å². The van der Waals surface area contributed by atoms with Crippen LogP contribution in [-0.4, -0.2) is 24.9 Å². The summed E-state index contributed by atoms with van der Waals surface area (Å²) in [6.07, 6.45) is -0.536. The van der Waals surface area contributed by atoms with E-state index in [-0.39, 0.29) is 42.4 Å². The van der Waals surface area contributed by atoms with E-state index in [9.17, 15) is 23.1 Å². The van der Waals surface area contributed by atoms with Gasteiger partial charge < -0.3 is 14.1 Å². The van der Waals surface area contributed by atoms with Crippen LogP contribution in [0.2, 0.25) is 0 Å². The number of carboxylic acid groups (broad SMARTS) is 1. The number of carbonyl (C=O) groups is 2. The van der Waals surface area contributed by atoms with Crippen molar-refractivity contribution in [2.75, 3.05) is 0 Å². The second-order valence-corrected chi connectivity index (χ2v) is 4.36. The van der Waals surface area contributed by atoms with Gasteiger partial charge in [-0.2, -0.15) is 8.42 Å². The maximum atomic E-state index is 11.4. The van der Waals surface area contributed by atoms with Crippen LogP contribution >= 0.6 is 0 Å². The molecule has 1 N–H and O–H groups in total. The number of hydrogen-bond acceptors (Lipinski definition) is 6. The largest absolute Gasteiger partial charge is 1.00 e. The topological polar surface area (TPSA) is 121 Å². The molecule has 0 aliphatic rings. The Hall–Kier alpha value is -0.150. The minimum absolute atomic E-state index is 0. The fourth-order valence-electron chi connectivity index (χ4n) is 1.32. The Morgan fingerprint density at radius 3 is 1.94 bits per heavy atom. The maximum Gasteiger partial charge on any atom is 1.00 e. The molecule has 7 nitrogen and oxygen atoms in total. The Labute approximate surface area is 122 Å². The summed E-state index contributed by atoms with van der Waals surface area (Å²) in [7, 11) is -4.93. The Morgan fingerprint density at radius 2 is 1.71 bits per heavy atom. The first-order valence-corrected chi connectivity index (χ1v) is 5.94. The molecule has 17 heavy (non-hydrogen) atoms. The summed E-state index contributed by atoms with van der Waals surface area (Å²) in [5.41, 5.74) is -1.49. The monoisotopic (exact) mass is 276 g/mol. The summed E-state index contributed by atoms with van der Waals surface area (Å²) >= 11 is 0. The van der Waals surface area contributed by atoms with Crippen LogP contribution in [0.3, 0.4) is 0 Å². The Kier molecular flexibility index (Phi) is 8.27. The zero-order chi connectivity index (χ0) is 13.0. The minimum Gasteiger partial charge on any atom is -0.550 e. The molecule has 0 spiro atoms. The predicted molar refractivity (Wildman–Crippen MR) is 50.3 cm³/mol. The first-order valence-electron chi connectivity index (χ1n) is 4.58. The van der Waals surface area contributed by atoms with E-state index in [1.165, 1.54) is 13.8 Å². The third-order valence-electron chi connectivity index (χ3n) is 2.45. The molecule has 0 saturated carbocycles. The van der Waals surface area contributed by atoms with Gasteiger partial charge in [0.15, 0.2) is 0 Å². The predicted octanol–water partition coefficient (Wildman–Crippen LogP) is -3.72. The van der Waals surface area contributed by atoms with Gasteiger partial charge in [0, 0.05) is 12.4 Å². The third kappa shape index (κ3) is 6.37. The van der Waals surface area contributed by atoms with E-state index in [0.29, 0.717) is 0 Å². The number of rotatable bonds is 6. The van der Waals surface area contributed by atoms with Crippen molar-refractivity contribution in [3.63, 3.8) is 0 Å². The fraction of sp³-hybridized carbons (Fsp3) is 0.750. The quantitative estimate of drug-likeness (QED) is 0.391. The Balaban J connectivity index is 0. The summed E-state index contributed by atoms with van der Waals surface area (Å²) in [6.45, 7) is 3.02. The van der Waals surface area contributed by atoms with Crippen molar-refractivity contribution >= 4 is 22.3 Å². The van der Waals surface area contributed by atoms with Crippen LogP contribution in [-0.2, 0) is 24.2 Å². The van der Waals surface area contributed by atoms with Crippen LogP contribution in [0.1, 0.15) is 33.1 Å². The molecule has 0 aromatic rings. The van der Waals surface area contributed by atoms with Gasteiger partial charge in [0.25, 0.3) is 0 Å². The second kappa shape index (κ2) is 7.32. The molecule has 0 amide bonds. The first kappa shape index (κ1) is 19.2. The summed E-state index contributed by atoms with van der Waals surface area (Å²) in [5, 5.41) is 10.5. The van der Waals surface area contributed by atoms with Crippen LogP contribution < -0.4 is 34.7 Å². The van der Waals surface area contributed by atoms with Crippen molar-refractivity contribution in [2.45, 2.75) is 33.1 Å². The molecule has 0 unspecified atom stereocenters. The molecule has 0 atom stereocenters. The molecule has 94 valence electrons. The number of carboxylic acids is 1. The van der Waals surface area contributed by atoms with E-state index >= 15 is 0 Å². The van der Waals surface area contributed by atoms with Crippen molar-refractivity contribution in [2.24, 2.45) is 5.41 Å². The number of hydrogen-bond donors (Lipinski definition) is 1. The summed E-state index contributed by atoms with van der Waals surface area (Å²) in [5.74, 6) is -2.78. The molecule has 0 aliphatic carbocycles. The van der Waals surface area contributed by atoms with Crippen LogP contribution in [0.15, 0.2) is 0 Å². The van der Waals surface area contributed by atoms with E-state index in [2.05, 4.69) is 4.18 Å². The molecule has 0 radical (unpaired) electrons. The van der Waals surface area contributed by atoms with Gasteiger partial charge in [0.2, 0.25) is 0 Å². The molecule has 0 rings (SSSR count). The van der Waals surface area contributed by atoms with Crippen molar-refractivity contribution in [3.05, 3.63) is 0 Å². The molecule has 0 saturated heterocycles. The molecule has 0 aliphatic heterocycles. The zero-order valence-corrected chi connectivity index (χ0v) is 12.7. The molecule has 0 bridgehead atoms. The van der Waals surface area contributed by atoms with E-state index in [1.54, 1.807) is 0 Å². The summed E-state index contributed by atoms with van der Waals surface area (Å²) in [6, 6.07) is 0. The molecule has 0 aromatic carbocycles. The molecular weight excluding hydrogens is 263 g/mol. The van der Waals surface area contributed by atoms with Crippen LogP contribution in [0, 0.1) is 5.41 Å². The molecule has 9 heteroatoms. The van der Waals surface area contributed by atoms with E-state index < -0.39 is 34.2 Å². The van der Waals surface area contributed by atoms with E-state index in [4.69, 9.17) is 4.55 Å². The smallest absolute Gasteiger partial charge is 0.550 e. The van der Waals surface area contributed by atoms with Gasteiger partial charge in [-0.1, -0.05) is 13.8 Å². The first-order chi connectivity index (χ1) is 7.17. The van der Waals surface area contributed by atoms with Crippen LogP contribution in [0.4, 0.5) is 0 Å². The van der Waals surface area contributed by atoms with Crippen molar-refractivity contribution in [1.29, 1.82) is 0 Å². The number of carbonyl (C=O) groups excluding carboxylic acids is 2. The van der Waals surface area contributed by atoms with Crippen LogP contribution in [0.5, 0.6) is 0 Å².